The van der Waals surface area contributed by atoms with Crippen molar-refractivity contribution in [1.29, 1.82) is 0 Å². The second kappa shape index (κ2) is 5.58. The summed E-state index contributed by atoms with van der Waals surface area (Å²) in [7, 11) is 0. The average Bonchev–Trinajstić information content (AvgIpc) is 2.61. The lowest BCUT2D eigenvalue weighted by atomic mass is 9.95. The highest BCUT2D eigenvalue weighted by atomic mass is 35.5. The van der Waals surface area contributed by atoms with Gasteiger partial charge in [0.15, 0.2) is 0 Å². The smallest absolute Gasteiger partial charge is 0.267 e. The number of hydrazone groups is 1. The highest BCUT2D eigenvalue weighted by molar-refractivity contribution is 6.30. The molecule has 0 saturated carbocycles. The first-order valence-corrected chi connectivity index (χ1v) is 7.73. The molecule has 5 heteroatoms. The summed E-state index contributed by atoms with van der Waals surface area (Å²) in [5, 5.41) is 7.17. The summed E-state index contributed by atoms with van der Waals surface area (Å²) in [6.45, 7) is 0. The van der Waals surface area contributed by atoms with E-state index in [1.807, 2.05) is 12.1 Å². The van der Waals surface area contributed by atoms with E-state index in [2.05, 4.69) is 5.10 Å². The third kappa shape index (κ3) is 2.28. The van der Waals surface area contributed by atoms with Crippen LogP contribution in [-0.2, 0) is 0 Å². The molecule has 4 rings (SSSR count). The highest BCUT2D eigenvalue weighted by Crippen LogP contribution is 2.30. The van der Waals surface area contributed by atoms with E-state index in [0.717, 1.165) is 16.0 Å². The maximum absolute atomic E-state index is 12.7. The molecule has 1 aliphatic heterocycles. The Morgan fingerprint density at radius 3 is 2.00 bits per heavy atom. The first kappa shape index (κ1) is 14.6. The van der Waals surface area contributed by atoms with Crippen LogP contribution in [0.25, 0.3) is 10.8 Å². The van der Waals surface area contributed by atoms with Gasteiger partial charge in [-0.2, -0.15) is 10.1 Å². The first-order valence-electron chi connectivity index (χ1n) is 7.35. The molecule has 0 bridgehead atoms. The fraction of sp³-hybridized carbons (Fsp3) is 0. The Morgan fingerprint density at radius 2 is 1.42 bits per heavy atom. The summed E-state index contributed by atoms with van der Waals surface area (Å²) >= 11 is 5.85. The van der Waals surface area contributed by atoms with Crippen molar-refractivity contribution in [2.45, 2.75) is 0 Å². The van der Waals surface area contributed by atoms with E-state index in [1.54, 1.807) is 48.5 Å². The van der Waals surface area contributed by atoms with Gasteiger partial charge < -0.3 is 0 Å². The number of carbonyl (C=O) groups is 2. The van der Waals surface area contributed by atoms with Crippen LogP contribution < -0.4 is 0 Å². The normalized spacial score (nSPS) is 14.0. The highest BCUT2D eigenvalue weighted by Gasteiger charge is 2.32. The molecule has 3 aromatic rings. The predicted octanol–water partition coefficient (Wildman–Crippen LogP) is 4.12. The summed E-state index contributed by atoms with van der Waals surface area (Å²) < 4.78 is 0. The number of nitrogens with zero attached hydrogens (tertiary/aromatic N) is 2. The van der Waals surface area contributed by atoms with Crippen LogP contribution in [0.5, 0.6) is 0 Å². The maximum Gasteiger partial charge on any atom is 0.282 e. The number of halogens is 1. The van der Waals surface area contributed by atoms with Gasteiger partial charge in [0.2, 0.25) is 0 Å². The van der Waals surface area contributed by atoms with Gasteiger partial charge in [-0.3, -0.25) is 9.59 Å². The van der Waals surface area contributed by atoms with Crippen molar-refractivity contribution in [3.05, 3.63) is 82.4 Å². The molecule has 0 saturated heterocycles. The molecule has 0 aromatic heterocycles. The third-order valence-corrected chi connectivity index (χ3v) is 4.19. The fourth-order valence-corrected chi connectivity index (χ4v) is 2.92. The van der Waals surface area contributed by atoms with Gasteiger partial charge in [0.25, 0.3) is 11.8 Å². The molecule has 2 amide bonds. The molecule has 0 atom stereocenters. The van der Waals surface area contributed by atoms with Crippen LogP contribution in [0, 0.1) is 0 Å². The zero-order valence-corrected chi connectivity index (χ0v) is 13.2. The number of benzene rings is 3. The minimum atomic E-state index is -0.422. The van der Waals surface area contributed by atoms with Crippen LogP contribution in [-0.4, -0.2) is 23.0 Å². The Bertz CT molecular complexity index is 959. The maximum atomic E-state index is 12.7. The van der Waals surface area contributed by atoms with Crippen LogP contribution >= 0.6 is 11.6 Å². The van der Waals surface area contributed by atoms with Gasteiger partial charge in [0, 0.05) is 10.4 Å². The third-order valence-electron chi connectivity index (χ3n) is 3.94. The van der Waals surface area contributed by atoms with E-state index in [0.29, 0.717) is 21.5 Å². The molecule has 0 aliphatic carbocycles. The zero-order valence-electron chi connectivity index (χ0n) is 12.4. The first-order chi connectivity index (χ1) is 11.6. The molecule has 0 unspecified atom stereocenters. The van der Waals surface area contributed by atoms with Gasteiger partial charge >= 0.3 is 0 Å². The van der Waals surface area contributed by atoms with Gasteiger partial charge in [-0.15, -0.1) is 0 Å². The fourth-order valence-electron chi connectivity index (χ4n) is 2.80. The van der Waals surface area contributed by atoms with E-state index in [9.17, 15) is 9.59 Å². The predicted molar refractivity (Wildman–Crippen MR) is 93.5 cm³/mol. The molecule has 0 N–H and O–H groups in total. The van der Waals surface area contributed by atoms with Crippen molar-refractivity contribution in [2.75, 3.05) is 0 Å². The van der Waals surface area contributed by atoms with E-state index in [4.69, 9.17) is 11.6 Å². The van der Waals surface area contributed by atoms with Crippen LogP contribution in [0.3, 0.4) is 0 Å². The van der Waals surface area contributed by atoms with Crippen molar-refractivity contribution in [3.8, 4) is 0 Å². The summed E-state index contributed by atoms with van der Waals surface area (Å²) in [4.78, 5) is 25.3. The zero-order chi connectivity index (χ0) is 16.7. The Kier molecular flexibility index (Phi) is 3.40. The minimum absolute atomic E-state index is 0.422. The second-order valence-electron chi connectivity index (χ2n) is 5.43. The van der Waals surface area contributed by atoms with Crippen LogP contribution in [0.4, 0.5) is 0 Å². The molecule has 0 spiro atoms. The summed E-state index contributed by atoms with van der Waals surface area (Å²) in [6, 6.07) is 17.8. The van der Waals surface area contributed by atoms with Crippen molar-refractivity contribution in [1.82, 2.24) is 5.01 Å². The second-order valence-corrected chi connectivity index (χ2v) is 5.86. The lowest BCUT2D eigenvalue weighted by Crippen LogP contribution is -2.36. The SMILES string of the molecule is O=C1c2cccc3cccc(c23)C(=O)N1N=Cc1ccc(Cl)cc1. The van der Waals surface area contributed by atoms with E-state index in [1.165, 1.54) is 6.21 Å². The molecule has 116 valence electrons. The Hall–Kier alpha value is -2.98. The number of amides is 2. The molecular formula is C19H11ClN2O2. The number of imide groups is 1. The molecule has 1 heterocycles. The van der Waals surface area contributed by atoms with Gasteiger partial charge in [-0.25, -0.2) is 0 Å². The van der Waals surface area contributed by atoms with E-state index >= 15 is 0 Å². The van der Waals surface area contributed by atoms with E-state index in [-0.39, 0.29) is 0 Å². The Balaban J connectivity index is 1.78. The molecule has 4 nitrogen and oxygen atoms in total. The largest absolute Gasteiger partial charge is 0.282 e. The molecular weight excluding hydrogens is 324 g/mol. The quantitative estimate of drug-likeness (QED) is 0.523. The number of carbonyl (C=O) groups excluding carboxylic acids is 2. The number of hydrogen-bond acceptors (Lipinski definition) is 3. The Labute approximate surface area is 143 Å². The molecule has 1 aliphatic rings. The molecule has 0 fully saturated rings. The number of rotatable bonds is 2. The van der Waals surface area contributed by atoms with Gasteiger partial charge in [-0.05, 0) is 35.2 Å². The molecule has 3 aromatic carbocycles. The van der Waals surface area contributed by atoms with E-state index < -0.39 is 11.8 Å². The summed E-state index contributed by atoms with van der Waals surface area (Å²) in [6.07, 6.45) is 1.47. The molecule has 0 radical (unpaired) electrons. The monoisotopic (exact) mass is 334 g/mol. The van der Waals surface area contributed by atoms with Crippen molar-refractivity contribution >= 4 is 40.4 Å². The average molecular weight is 335 g/mol. The molecule has 24 heavy (non-hydrogen) atoms. The lowest BCUT2D eigenvalue weighted by molar-refractivity contribution is 0.0616. The van der Waals surface area contributed by atoms with Gasteiger partial charge in [-0.1, -0.05) is 48.0 Å². The lowest BCUT2D eigenvalue weighted by Gasteiger charge is -2.22. The minimum Gasteiger partial charge on any atom is -0.267 e. The van der Waals surface area contributed by atoms with Crippen LogP contribution in [0.15, 0.2) is 65.8 Å². The summed E-state index contributed by atoms with van der Waals surface area (Å²) in [5.41, 5.74) is 1.71. The van der Waals surface area contributed by atoms with Crippen molar-refractivity contribution < 1.29 is 9.59 Å². The van der Waals surface area contributed by atoms with Crippen LogP contribution in [0.2, 0.25) is 5.02 Å². The van der Waals surface area contributed by atoms with Crippen molar-refractivity contribution in [3.63, 3.8) is 0 Å². The summed E-state index contributed by atoms with van der Waals surface area (Å²) in [5.74, 6) is -0.843. The topological polar surface area (TPSA) is 49.7 Å². The van der Waals surface area contributed by atoms with Crippen LogP contribution in [0.1, 0.15) is 26.3 Å². The number of hydrogen-bond donors (Lipinski definition) is 0. The van der Waals surface area contributed by atoms with Gasteiger partial charge in [0.1, 0.15) is 0 Å². The standard InChI is InChI=1S/C19H11ClN2O2/c20-14-9-7-12(8-10-14)11-21-22-18(23)15-5-1-3-13-4-2-6-16(17(13)15)19(22)24/h1-11H. The van der Waals surface area contributed by atoms with Crippen molar-refractivity contribution in [2.24, 2.45) is 5.10 Å². The Morgan fingerprint density at radius 1 is 0.833 bits per heavy atom. The van der Waals surface area contributed by atoms with Gasteiger partial charge in [0.05, 0.1) is 17.3 Å².